The summed E-state index contributed by atoms with van der Waals surface area (Å²) < 4.78 is 0. The van der Waals surface area contributed by atoms with Gasteiger partial charge >= 0.3 is 0 Å². The van der Waals surface area contributed by atoms with Crippen molar-refractivity contribution in [2.45, 2.75) is 20.8 Å². The van der Waals surface area contributed by atoms with Gasteiger partial charge in [0, 0.05) is 6.20 Å². The van der Waals surface area contributed by atoms with Crippen molar-refractivity contribution in [1.29, 1.82) is 0 Å². The van der Waals surface area contributed by atoms with Crippen LogP contribution in [-0.4, -0.2) is 12.4 Å². The molecule has 0 fully saturated rings. The molecule has 0 bridgehead atoms. The van der Waals surface area contributed by atoms with Gasteiger partial charge in [-0.3, -0.25) is 4.99 Å². The molecule has 1 aliphatic heterocycles. The number of aliphatic imine (C=N–C) groups is 1. The van der Waals surface area contributed by atoms with Crippen molar-refractivity contribution in [2.75, 3.05) is 6.54 Å². The van der Waals surface area contributed by atoms with Crippen molar-refractivity contribution in [2.24, 2.45) is 4.99 Å². The molecule has 13 heavy (non-hydrogen) atoms. The van der Waals surface area contributed by atoms with Crippen molar-refractivity contribution in [1.82, 2.24) is 5.32 Å². The van der Waals surface area contributed by atoms with Crippen LogP contribution >= 0.6 is 0 Å². The van der Waals surface area contributed by atoms with Crippen molar-refractivity contribution in [3.63, 3.8) is 0 Å². The molecular formula is C11H16N2. The second-order valence-electron chi connectivity index (χ2n) is 3.17. The summed E-state index contributed by atoms with van der Waals surface area (Å²) in [7, 11) is 0. The summed E-state index contributed by atoms with van der Waals surface area (Å²) in [6.45, 7) is 6.93. The average Bonchev–Trinajstić information content (AvgIpc) is 2.11. The molecule has 0 spiro atoms. The summed E-state index contributed by atoms with van der Waals surface area (Å²) >= 11 is 0. The van der Waals surface area contributed by atoms with E-state index in [2.05, 4.69) is 36.3 Å². The molecule has 0 aromatic heterocycles. The number of amidine groups is 1. The average molecular weight is 176 g/mol. The van der Waals surface area contributed by atoms with Crippen molar-refractivity contribution >= 4 is 5.84 Å². The lowest BCUT2D eigenvalue weighted by molar-refractivity contribution is 1.13. The molecule has 0 aromatic carbocycles. The molecule has 2 heteroatoms. The molecule has 0 radical (unpaired) electrons. The lowest BCUT2D eigenvalue weighted by atomic mass is 10.1. The van der Waals surface area contributed by atoms with Gasteiger partial charge in [-0.1, -0.05) is 17.7 Å². The van der Waals surface area contributed by atoms with Gasteiger partial charge in [0.05, 0.1) is 12.4 Å². The van der Waals surface area contributed by atoms with E-state index in [0.717, 1.165) is 12.4 Å². The smallest absolute Gasteiger partial charge is 0.0974 e. The van der Waals surface area contributed by atoms with Crippen molar-refractivity contribution in [3.05, 3.63) is 35.6 Å². The molecule has 0 aliphatic carbocycles. The van der Waals surface area contributed by atoms with Gasteiger partial charge in [0.15, 0.2) is 0 Å². The summed E-state index contributed by atoms with van der Waals surface area (Å²) in [5.74, 6) is 0.952. The number of allylic oxidation sites excluding steroid dienone is 4. The van der Waals surface area contributed by atoms with Gasteiger partial charge in [-0.15, -0.1) is 0 Å². The second-order valence-corrected chi connectivity index (χ2v) is 3.17. The van der Waals surface area contributed by atoms with Crippen LogP contribution in [0.15, 0.2) is 40.6 Å². The monoisotopic (exact) mass is 176 g/mol. The molecule has 0 unspecified atom stereocenters. The van der Waals surface area contributed by atoms with Gasteiger partial charge in [-0.2, -0.15) is 0 Å². The number of rotatable bonds is 0. The fourth-order valence-electron chi connectivity index (χ4n) is 1.02. The van der Waals surface area contributed by atoms with E-state index in [0.29, 0.717) is 0 Å². The Labute approximate surface area is 79.8 Å². The van der Waals surface area contributed by atoms with E-state index in [1.165, 1.54) is 11.1 Å². The highest BCUT2D eigenvalue weighted by molar-refractivity contribution is 5.80. The first-order valence-electron chi connectivity index (χ1n) is 4.48. The summed E-state index contributed by atoms with van der Waals surface area (Å²) in [6, 6.07) is 0. The van der Waals surface area contributed by atoms with E-state index < -0.39 is 0 Å². The van der Waals surface area contributed by atoms with Crippen LogP contribution in [0.2, 0.25) is 0 Å². The van der Waals surface area contributed by atoms with Crippen molar-refractivity contribution in [3.8, 4) is 0 Å². The normalized spacial score (nSPS) is 24.7. The molecule has 0 saturated heterocycles. The van der Waals surface area contributed by atoms with E-state index in [4.69, 9.17) is 0 Å². The van der Waals surface area contributed by atoms with Gasteiger partial charge in [-0.05, 0) is 32.4 Å². The lowest BCUT2D eigenvalue weighted by Crippen LogP contribution is -2.13. The van der Waals surface area contributed by atoms with E-state index in [1.54, 1.807) is 0 Å². The number of nitrogens with zero attached hydrogens (tertiary/aromatic N) is 1. The summed E-state index contributed by atoms with van der Waals surface area (Å²) in [5.41, 5.74) is 2.58. The minimum absolute atomic E-state index is 0.754. The summed E-state index contributed by atoms with van der Waals surface area (Å²) in [6.07, 6.45) is 8.13. The largest absolute Gasteiger partial charge is 0.351 e. The van der Waals surface area contributed by atoms with E-state index >= 15 is 0 Å². The quantitative estimate of drug-likeness (QED) is 0.602. The fraction of sp³-hybridized carbons (Fsp3) is 0.364. The summed E-state index contributed by atoms with van der Waals surface area (Å²) in [4.78, 5) is 4.32. The molecule has 2 nitrogen and oxygen atoms in total. The first-order chi connectivity index (χ1) is 6.20. The molecule has 1 aliphatic rings. The Morgan fingerprint density at radius 2 is 2.00 bits per heavy atom. The van der Waals surface area contributed by atoms with E-state index in [1.807, 2.05) is 19.2 Å². The molecule has 70 valence electrons. The lowest BCUT2D eigenvalue weighted by Gasteiger charge is -2.03. The highest BCUT2D eigenvalue weighted by Crippen LogP contribution is 2.08. The van der Waals surface area contributed by atoms with Gasteiger partial charge in [0.2, 0.25) is 0 Å². The number of hydrogen-bond acceptors (Lipinski definition) is 2. The minimum atomic E-state index is 0.754. The highest BCUT2D eigenvalue weighted by Gasteiger charge is 1.92. The standard InChI is InChI=1S/C11H16N2/c1-9-5-4-7-12-11(3)13-8-6-10(9)2/h4-7H,8H2,1-3H3,(H,12,13)/b7-4-,9-5+,10-6?. The van der Waals surface area contributed by atoms with Gasteiger partial charge in [0.1, 0.15) is 0 Å². The number of nitrogens with one attached hydrogen (secondary N) is 1. The fourth-order valence-corrected chi connectivity index (χ4v) is 1.02. The van der Waals surface area contributed by atoms with Crippen molar-refractivity contribution < 1.29 is 0 Å². The Morgan fingerprint density at radius 3 is 2.77 bits per heavy atom. The molecule has 0 saturated carbocycles. The predicted molar refractivity (Wildman–Crippen MR) is 57.8 cm³/mol. The van der Waals surface area contributed by atoms with Crippen LogP contribution in [0.1, 0.15) is 20.8 Å². The van der Waals surface area contributed by atoms with Crippen LogP contribution < -0.4 is 5.32 Å². The zero-order chi connectivity index (χ0) is 9.68. The zero-order valence-electron chi connectivity index (χ0n) is 8.46. The maximum Gasteiger partial charge on any atom is 0.0974 e. The molecular weight excluding hydrogens is 160 g/mol. The van der Waals surface area contributed by atoms with Crippen LogP contribution in [0.4, 0.5) is 0 Å². The topological polar surface area (TPSA) is 24.4 Å². The zero-order valence-corrected chi connectivity index (χ0v) is 8.46. The first kappa shape index (κ1) is 9.78. The van der Waals surface area contributed by atoms with Gasteiger partial charge in [-0.25, -0.2) is 0 Å². The minimum Gasteiger partial charge on any atom is -0.351 e. The third-order valence-electron chi connectivity index (χ3n) is 2.08. The van der Waals surface area contributed by atoms with Gasteiger partial charge in [0.25, 0.3) is 0 Å². The van der Waals surface area contributed by atoms with Crippen LogP contribution in [-0.2, 0) is 0 Å². The van der Waals surface area contributed by atoms with Crippen LogP contribution in [0.25, 0.3) is 0 Å². The van der Waals surface area contributed by atoms with Crippen LogP contribution in [0, 0.1) is 0 Å². The highest BCUT2D eigenvalue weighted by atomic mass is 15.0. The second kappa shape index (κ2) is 4.65. The van der Waals surface area contributed by atoms with Gasteiger partial charge < -0.3 is 5.32 Å². The maximum atomic E-state index is 4.32. The first-order valence-corrected chi connectivity index (χ1v) is 4.48. The Hall–Kier alpha value is -1.31. The molecule has 0 amide bonds. The maximum absolute atomic E-state index is 4.32. The Bertz CT molecular complexity index is 293. The molecule has 1 N–H and O–H groups in total. The molecule has 1 heterocycles. The third kappa shape index (κ3) is 3.28. The molecule has 0 atom stereocenters. The third-order valence-corrected chi connectivity index (χ3v) is 2.08. The SMILES string of the molecule is CC1=CCN=C(C)N/C=C\C=C\1C. The molecule has 1 rings (SSSR count). The van der Waals surface area contributed by atoms with Crippen LogP contribution in [0.3, 0.4) is 0 Å². The Kier molecular flexibility index (Phi) is 3.50. The predicted octanol–water partition coefficient (Wildman–Crippen LogP) is 2.41. The van der Waals surface area contributed by atoms with Crippen LogP contribution in [0.5, 0.6) is 0 Å². The van der Waals surface area contributed by atoms with E-state index in [-0.39, 0.29) is 0 Å². The Balaban J connectivity index is 2.85. The Morgan fingerprint density at radius 1 is 1.23 bits per heavy atom. The molecule has 0 aromatic rings. The number of hydrogen-bond donors (Lipinski definition) is 1. The van der Waals surface area contributed by atoms with E-state index in [9.17, 15) is 0 Å². The summed E-state index contributed by atoms with van der Waals surface area (Å²) in [5, 5.41) is 3.08.